The van der Waals surface area contributed by atoms with E-state index in [2.05, 4.69) is 0 Å². The van der Waals surface area contributed by atoms with Crippen LogP contribution in [0.4, 0.5) is 17.6 Å². The number of rotatable bonds is 2. The van der Waals surface area contributed by atoms with Crippen LogP contribution in [0, 0.1) is 23.3 Å². The Morgan fingerprint density at radius 3 is 1.06 bits per heavy atom. The van der Waals surface area contributed by atoms with E-state index in [4.69, 9.17) is 10.2 Å². The first-order valence-electron chi connectivity index (χ1n) is 3.61. The van der Waals surface area contributed by atoms with Gasteiger partial charge in [-0.2, -0.15) is 0 Å². The molecule has 1 aromatic carbocycles. The summed E-state index contributed by atoms with van der Waals surface area (Å²) >= 11 is 0. The quantitative estimate of drug-likeness (QED) is 0.345. The zero-order valence-electron chi connectivity index (χ0n) is 7.22. The fraction of sp³-hybridized carbons (Fsp3) is 0. The zero-order valence-corrected chi connectivity index (χ0v) is 7.22. The molecule has 0 saturated heterocycles. The Bertz CT molecular complexity index is 462. The third-order valence-corrected chi connectivity index (χ3v) is 1.69. The van der Waals surface area contributed by atoms with Crippen molar-refractivity contribution in [3.8, 4) is 0 Å². The molecule has 0 heterocycles. The molecule has 0 fully saturated rings. The van der Waals surface area contributed by atoms with Crippen molar-refractivity contribution in [1.29, 1.82) is 0 Å². The van der Waals surface area contributed by atoms with Gasteiger partial charge in [-0.15, -0.1) is 0 Å². The molecule has 2 N–H and O–H groups in total. The standard InChI is InChI=1S/C8H2F4O4.2Li.2H/c9-3-1(7(13)14)2(8(15)16)4(10)6(12)5(3)11;;;;/h(H,13,14)(H,15,16);;;;. The van der Waals surface area contributed by atoms with Crippen LogP contribution in [0.2, 0.25) is 0 Å². The topological polar surface area (TPSA) is 74.6 Å². The van der Waals surface area contributed by atoms with Crippen LogP contribution < -0.4 is 0 Å². The fourth-order valence-electron chi connectivity index (χ4n) is 1.03. The maximum atomic E-state index is 12.9. The van der Waals surface area contributed by atoms with Crippen molar-refractivity contribution in [2.24, 2.45) is 0 Å². The van der Waals surface area contributed by atoms with Gasteiger partial charge in [0.05, 0.1) is 0 Å². The average Bonchev–Trinajstić information content (AvgIpc) is 2.18. The van der Waals surface area contributed by atoms with Crippen LogP contribution in [0.5, 0.6) is 0 Å². The molecule has 10 heteroatoms. The van der Waals surface area contributed by atoms with Gasteiger partial charge in [-0.25, -0.2) is 27.2 Å². The molecule has 4 nitrogen and oxygen atoms in total. The third-order valence-electron chi connectivity index (χ3n) is 1.69. The van der Waals surface area contributed by atoms with E-state index in [1.54, 1.807) is 0 Å². The summed E-state index contributed by atoms with van der Waals surface area (Å²) in [7, 11) is 0. The monoisotopic (exact) mass is 254 g/mol. The van der Waals surface area contributed by atoms with Crippen molar-refractivity contribution in [1.82, 2.24) is 0 Å². The van der Waals surface area contributed by atoms with E-state index in [-0.39, 0.29) is 37.7 Å². The molecule has 0 bridgehead atoms. The van der Waals surface area contributed by atoms with Crippen LogP contribution in [-0.4, -0.2) is 59.9 Å². The molecule has 1 aromatic rings. The van der Waals surface area contributed by atoms with E-state index >= 15 is 0 Å². The SMILES string of the molecule is O=C(O)c1c(F)c(F)c(F)c(F)c1C(=O)O.[LiH].[LiH]. The average molecular weight is 254 g/mol. The van der Waals surface area contributed by atoms with E-state index in [0.717, 1.165) is 0 Å². The van der Waals surface area contributed by atoms with E-state index in [1.807, 2.05) is 0 Å². The van der Waals surface area contributed by atoms with E-state index in [1.165, 1.54) is 0 Å². The van der Waals surface area contributed by atoms with Crippen molar-refractivity contribution in [3.63, 3.8) is 0 Å². The Morgan fingerprint density at radius 2 is 0.889 bits per heavy atom. The molecule has 0 amide bonds. The minimum atomic E-state index is -2.38. The first kappa shape index (κ1) is 19.4. The van der Waals surface area contributed by atoms with Gasteiger partial charge in [-0.3, -0.25) is 0 Å². The van der Waals surface area contributed by atoms with Crippen LogP contribution >= 0.6 is 0 Å². The molecule has 90 valence electrons. The van der Waals surface area contributed by atoms with Gasteiger partial charge in [0.1, 0.15) is 11.1 Å². The van der Waals surface area contributed by atoms with Crippen molar-refractivity contribution in [3.05, 3.63) is 34.4 Å². The van der Waals surface area contributed by atoms with Crippen LogP contribution in [0.1, 0.15) is 20.7 Å². The van der Waals surface area contributed by atoms with Gasteiger partial charge in [0.2, 0.25) is 0 Å². The Balaban J connectivity index is 0. The van der Waals surface area contributed by atoms with Crippen molar-refractivity contribution < 1.29 is 37.4 Å². The first-order valence-corrected chi connectivity index (χ1v) is 3.61. The summed E-state index contributed by atoms with van der Waals surface area (Å²) in [6.45, 7) is 0. The summed E-state index contributed by atoms with van der Waals surface area (Å²) < 4.78 is 51.0. The van der Waals surface area contributed by atoms with Gasteiger partial charge in [-0.05, 0) is 0 Å². The van der Waals surface area contributed by atoms with Gasteiger partial charge in [0.25, 0.3) is 0 Å². The van der Waals surface area contributed by atoms with Crippen LogP contribution in [-0.2, 0) is 0 Å². The molecule has 0 aliphatic carbocycles. The fourth-order valence-corrected chi connectivity index (χ4v) is 1.03. The Morgan fingerprint density at radius 1 is 0.667 bits per heavy atom. The summed E-state index contributed by atoms with van der Waals surface area (Å²) in [5.41, 5.74) is -3.52. The zero-order chi connectivity index (χ0) is 12.6. The van der Waals surface area contributed by atoms with Crippen molar-refractivity contribution >= 4 is 49.7 Å². The number of carbonyl (C=O) groups is 2. The molecule has 18 heavy (non-hydrogen) atoms. The second-order valence-corrected chi connectivity index (χ2v) is 2.62. The predicted molar refractivity (Wildman–Crippen MR) is 54.5 cm³/mol. The normalized spacial score (nSPS) is 9.11. The summed E-state index contributed by atoms with van der Waals surface area (Å²) in [6.07, 6.45) is 0. The number of hydrogen-bond acceptors (Lipinski definition) is 2. The Labute approximate surface area is 121 Å². The number of carboxylic acid groups (broad SMARTS) is 2. The minimum absolute atomic E-state index is 0. The second-order valence-electron chi connectivity index (χ2n) is 2.62. The molecule has 0 atom stereocenters. The van der Waals surface area contributed by atoms with E-state index in [0.29, 0.717) is 0 Å². The maximum absolute atomic E-state index is 12.9. The number of halogens is 4. The Hall–Kier alpha value is -0.925. The molecular weight excluding hydrogens is 250 g/mol. The Kier molecular flexibility index (Phi) is 7.40. The molecule has 1 rings (SSSR count). The number of carboxylic acids is 2. The summed E-state index contributed by atoms with van der Waals surface area (Å²) in [6, 6.07) is 0. The third kappa shape index (κ3) is 3.09. The van der Waals surface area contributed by atoms with Crippen LogP contribution in [0.25, 0.3) is 0 Å². The predicted octanol–water partition coefficient (Wildman–Crippen LogP) is 0.342. The van der Waals surface area contributed by atoms with Crippen molar-refractivity contribution in [2.75, 3.05) is 0 Å². The molecule has 0 spiro atoms. The number of benzene rings is 1. The summed E-state index contributed by atoms with van der Waals surface area (Å²) in [5.74, 6) is -13.7. The second kappa shape index (κ2) is 6.86. The molecule has 0 unspecified atom stereocenters. The van der Waals surface area contributed by atoms with Crippen molar-refractivity contribution in [2.45, 2.75) is 0 Å². The molecular formula is C8H4F4Li2O4. The number of hydrogen-bond donors (Lipinski definition) is 2. The summed E-state index contributed by atoms with van der Waals surface area (Å²) in [5, 5.41) is 16.8. The molecule has 0 saturated carbocycles. The van der Waals surface area contributed by atoms with E-state index in [9.17, 15) is 27.2 Å². The van der Waals surface area contributed by atoms with Gasteiger partial charge >= 0.3 is 49.7 Å². The van der Waals surface area contributed by atoms with Crippen LogP contribution in [0.3, 0.4) is 0 Å². The van der Waals surface area contributed by atoms with Gasteiger partial charge < -0.3 is 10.2 Å². The number of aromatic carboxylic acids is 2. The molecule has 0 aliphatic rings. The van der Waals surface area contributed by atoms with Gasteiger partial charge in [0, 0.05) is 0 Å². The molecule has 0 aromatic heterocycles. The molecule has 0 aliphatic heterocycles. The van der Waals surface area contributed by atoms with Crippen LogP contribution in [0.15, 0.2) is 0 Å². The van der Waals surface area contributed by atoms with Gasteiger partial charge in [0.15, 0.2) is 23.3 Å². The van der Waals surface area contributed by atoms with Gasteiger partial charge in [-0.1, -0.05) is 0 Å². The molecule has 0 radical (unpaired) electrons. The first-order chi connectivity index (χ1) is 7.29. The van der Waals surface area contributed by atoms with E-state index < -0.39 is 46.3 Å². The summed E-state index contributed by atoms with van der Waals surface area (Å²) in [4.78, 5) is 20.8.